The van der Waals surface area contributed by atoms with Crippen LogP contribution in [0.25, 0.3) is 0 Å². The van der Waals surface area contributed by atoms with Crippen LogP contribution in [0, 0.1) is 0 Å². The zero-order valence-corrected chi connectivity index (χ0v) is 7.36. The summed E-state index contributed by atoms with van der Waals surface area (Å²) in [6, 6.07) is 1.60. The third-order valence-corrected chi connectivity index (χ3v) is 1.97. The predicted molar refractivity (Wildman–Crippen MR) is 46.2 cm³/mol. The molecule has 1 fully saturated rings. The minimum Gasteiger partial charge on any atom is -0.464 e. The zero-order valence-electron chi connectivity index (χ0n) is 7.36. The largest absolute Gasteiger partial charge is 0.464 e. The summed E-state index contributed by atoms with van der Waals surface area (Å²) in [5, 5.41) is 7.11. The van der Waals surface area contributed by atoms with Crippen molar-refractivity contribution in [3.8, 4) is 0 Å². The van der Waals surface area contributed by atoms with E-state index in [4.69, 9.17) is 4.74 Å². The molecule has 1 N–H and O–H groups in total. The summed E-state index contributed by atoms with van der Waals surface area (Å²) in [4.78, 5) is 11.1. The lowest BCUT2D eigenvalue weighted by atomic mass is 10.2. The molecule has 1 aromatic heterocycles. The van der Waals surface area contributed by atoms with Gasteiger partial charge in [0.25, 0.3) is 0 Å². The molecule has 0 saturated carbocycles. The van der Waals surface area contributed by atoms with Crippen molar-refractivity contribution in [2.75, 3.05) is 11.9 Å². The maximum absolute atomic E-state index is 11.1. The third-order valence-electron chi connectivity index (χ3n) is 1.97. The quantitative estimate of drug-likeness (QED) is 0.660. The molecule has 0 aliphatic carbocycles. The van der Waals surface area contributed by atoms with Gasteiger partial charge in [0.15, 0.2) is 0 Å². The lowest BCUT2D eigenvalue weighted by Gasteiger charge is -2.05. The molecule has 5 nitrogen and oxygen atoms in total. The number of hydrogen-bond donors (Lipinski definition) is 1. The predicted octanol–water partition coefficient (Wildman–Crippen LogP) is 0.147. The van der Waals surface area contributed by atoms with Crippen LogP contribution in [-0.4, -0.2) is 28.4 Å². The Labute approximate surface area is 75.7 Å². The number of rotatable bonds is 2. The summed E-state index contributed by atoms with van der Waals surface area (Å²) in [5.74, 6) is 0.525. The van der Waals surface area contributed by atoms with Gasteiger partial charge in [-0.3, -0.25) is 4.68 Å². The van der Waals surface area contributed by atoms with Gasteiger partial charge in [-0.1, -0.05) is 0 Å². The normalized spacial score (nSPS) is 21.6. The number of nitrogens with one attached hydrogen (secondary N) is 1. The maximum atomic E-state index is 11.1. The number of carbonyl (C=O) groups excluding carboxylic acids is 1. The van der Waals surface area contributed by atoms with E-state index in [1.807, 2.05) is 19.3 Å². The maximum Gasteiger partial charge on any atom is 0.328 e. The smallest absolute Gasteiger partial charge is 0.328 e. The average molecular weight is 181 g/mol. The zero-order chi connectivity index (χ0) is 9.26. The molecule has 2 rings (SSSR count). The summed E-state index contributed by atoms with van der Waals surface area (Å²) >= 11 is 0. The van der Waals surface area contributed by atoms with E-state index in [2.05, 4.69) is 10.4 Å². The Hall–Kier alpha value is -1.52. The first-order valence-corrected chi connectivity index (χ1v) is 4.18. The number of hydrogen-bond acceptors (Lipinski definition) is 4. The Morgan fingerprint density at radius 1 is 1.77 bits per heavy atom. The number of cyclic esters (lactones) is 1. The second-order valence-electron chi connectivity index (χ2n) is 3.03. The molecule has 0 amide bonds. The second kappa shape index (κ2) is 3.08. The van der Waals surface area contributed by atoms with Crippen molar-refractivity contribution in [3.05, 3.63) is 12.3 Å². The number of carbonyl (C=O) groups is 1. The van der Waals surface area contributed by atoms with Crippen molar-refractivity contribution in [3.63, 3.8) is 0 Å². The molecule has 0 aromatic carbocycles. The molecule has 1 aromatic rings. The molecule has 1 unspecified atom stereocenters. The average Bonchev–Trinajstić information content (AvgIpc) is 2.64. The van der Waals surface area contributed by atoms with Gasteiger partial charge in [0.2, 0.25) is 0 Å². The summed E-state index contributed by atoms with van der Waals surface area (Å²) < 4.78 is 6.49. The summed E-state index contributed by atoms with van der Waals surface area (Å²) in [6.07, 6.45) is 2.54. The molecule has 1 saturated heterocycles. The highest BCUT2D eigenvalue weighted by molar-refractivity contribution is 5.80. The van der Waals surface area contributed by atoms with Crippen molar-refractivity contribution in [1.82, 2.24) is 9.78 Å². The number of anilines is 1. The molecule has 0 radical (unpaired) electrons. The Morgan fingerprint density at radius 2 is 2.62 bits per heavy atom. The van der Waals surface area contributed by atoms with Crippen LogP contribution in [-0.2, 0) is 16.6 Å². The van der Waals surface area contributed by atoms with Crippen molar-refractivity contribution in [1.29, 1.82) is 0 Å². The number of aromatic nitrogens is 2. The molecule has 5 heteroatoms. The Morgan fingerprint density at radius 3 is 3.15 bits per heavy atom. The first kappa shape index (κ1) is 8.10. The molecule has 1 aliphatic rings. The van der Waals surface area contributed by atoms with Crippen LogP contribution >= 0.6 is 0 Å². The number of nitrogens with zero attached hydrogens (tertiary/aromatic N) is 2. The van der Waals surface area contributed by atoms with E-state index < -0.39 is 0 Å². The van der Waals surface area contributed by atoms with Crippen LogP contribution in [0.3, 0.4) is 0 Å². The van der Waals surface area contributed by atoms with Crippen LogP contribution in [0.5, 0.6) is 0 Å². The lowest BCUT2D eigenvalue weighted by molar-refractivity contribution is -0.138. The van der Waals surface area contributed by atoms with Gasteiger partial charge >= 0.3 is 5.97 Å². The van der Waals surface area contributed by atoms with Crippen molar-refractivity contribution >= 4 is 11.8 Å². The van der Waals surface area contributed by atoms with E-state index in [1.165, 1.54) is 0 Å². The fourth-order valence-electron chi connectivity index (χ4n) is 1.30. The molecule has 13 heavy (non-hydrogen) atoms. The van der Waals surface area contributed by atoms with E-state index in [1.54, 1.807) is 4.68 Å². The molecule has 70 valence electrons. The minimum absolute atomic E-state index is 0.189. The van der Waals surface area contributed by atoms with E-state index in [0.717, 1.165) is 6.42 Å². The molecule has 1 atom stereocenters. The Balaban J connectivity index is 2.01. The monoisotopic (exact) mass is 181 g/mol. The van der Waals surface area contributed by atoms with Crippen LogP contribution in [0.4, 0.5) is 5.82 Å². The molecular weight excluding hydrogens is 170 g/mol. The van der Waals surface area contributed by atoms with Gasteiger partial charge in [0, 0.05) is 25.7 Å². The second-order valence-corrected chi connectivity index (χ2v) is 3.03. The molecule has 0 bridgehead atoms. The SMILES string of the molecule is Cn1ccc(NC2CCOC2=O)n1. The summed E-state index contributed by atoms with van der Waals surface area (Å²) in [5.41, 5.74) is 0. The fraction of sp³-hybridized carbons (Fsp3) is 0.500. The van der Waals surface area contributed by atoms with Gasteiger partial charge in [0.1, 0.15) is 11.9 Å². The molecular formula is C8H11N3O2. The van der Waals surface area contributed by atoms with Gasteiger partial charge in [-0.25, -0.2) is 4.79 Å². The highest BCUT2D eigenvalue weighted by Gasteiger charge is 2.26. The number of esters is 1. The van der Waals surface area contributed by atoms with Gasteiger partial charge in [-0.05, 0) is 0 Å². The first-order valence-electron chi connectivity index (χ1n) is 4.18. The van der Waals surface area contributed by atoms with Crippen molar-refractivity contribution < 1.29 is 9.53 Å². The van der Waals surface area contributed by atoms with Gasteiger partial charge in [-0.2, -0.15) is 5.10 Å². The molecule has 0 spiro atoms. The van der Waals surface area contributed by atoms with Crippen LogP contribution in [0.15, 0.2) is 12.3 Å². The third kappa shape index (κ3) is 1.63. The van der Waals surface area contributed by atoms with Gasteiger partial charge < -0.3 is 10.1 Å². The first-order chi connectivity index (χ1) is 6.25. The van der Waals surface area contributed by atoms with Crippen molar-refractivity contribution in [2.45, 2.75) is 12.5 Å². The van der Waals surface area contributed by atoms with Gasteiger partial charge in [-0.15, -0.1) is 0 Å². The highest BCUT2D eigenvalue weighted by atomic mass is 16.5. The Kier molecular flexibility index (Phi) is 1.92. The van der Waals surface area contributed by atoms with E-state index in [-0.39, 0.29) is 12.0 Å². The van der Waals surface area contributed by atoms with E-state index in [0.29, 0.717) is 12.4 Å². The number of ether oxygens (including phenoxy) is 1. The van der Waals surface area contributed by atoms with Crippen LogP contribution in [0.1, 0.15) is 6.42 Å². The summed E-state index contributed by atoms with van der Waals surface area (Å²) in [6.45, 7) is 0.503. The number of aryl methyl sites for hydroxylation is 1. The minimum atomic E-state index is -0.227. The van der Waals surface area contributed by atoms with E-state index >= 15 is 0 Å². The highest BCUT2D eigenvalue weighted by Crippen LogP contribution is 2.12. The van der Waals surface area contributed by atoms with Gasteiger partial charge in [0.05, 0.1) is 6.61 Å². The fourth-order valence-corrected chi connectivity index (χ4v) is 1.30. The molecule has 2 heterocycles. The Bertz CT molecular complexity index is 321. The van der Waals surface area contributed by atoms with Crippen molar-refractivity contribution in [2.24, 2.45) is 7.05 Å². The standard InChI is InChI=1S/C8H11N3O2/c1-11-4-2-7(10-11)9-6-3-5-13-8(6)12/h2,4,6H,3,5H2,1H3,(H,9,10). The van der Waals surface area contributed by atoms with Crippen LogP contribution in [0.2, 0.25) is 0 Å². The topological polar surface area (TPSA) is 56.2 Å². The summed E-state index contributed by atoms with van der Waals surface area (Å²) in [7, 11) is 1.83. The van der Waals surface area contributed by atoms with E-state index in [9.17, 15) is 4.79 Å². The molecule has 1 aliphatic heterocycles. The lowest BCUT2D eigenvalue weighted by Crippen LogP contribution is -2.24. The van der Waals surface area contributed by atoms with Crippen LogP contribution < -0.4 is 5.32 Å².